The number of Topliss-reactive ketones (excluding diaryl/α,β-unsaturated/α-hetero) is 1. The predicted molar refractivity (Wildman–Crippen MR) is 98.2 cm³/mol. The molecule has 0 fully saturated rings. The fourth-order valence-electron chi connectivity index (χ4n) is 2.18. The summed E-state index contributed by atoms with van der Waals surface area (Å²) in [4.78, 5) is 16.2. The average molecular weight is 381 g/mol. The van der Waals surface area contributed by atoms with Crippen molar-refractivity contribution in [3.8, 4) is 11.5 Å². The molecule has 0 atom stereocenters. The molecule has 0 aliphatic carbocycles. The highest BCUT2D eigenvalue weighted by atomic mass is 32.2. The van der Waals surface area contributed by atoms with Crippen molar-refractivity contribution in [1.29, 1.82) is 0 Å². The molecule has 0 unspecified atom stereocenters. The van der Waals surface area contributed by atoms with Gasteiger partial charge in [-0.15, -0.1) is 0 Å². The van der Waals surface area contributed by atoms with Crippen LogP contribution in [-0.2, 0) is 6.61 Å². The van der Waals surface area contributed by atoms with Gasteiger partial charge in [-0.25, -0.2) is 0 Å². The summed E-state index contributed by atoms with van der Waals surface area (Å²) < 4.78 is 35.9. The van der Waals surface area contributed by atoms with Crippen molar-refractivity contribution in [3.05, 3.63) is 53.9 Å². The van der Waals surface area contributed by atoms with Gasteiger partial charge in [-0.3, -0.25) is 9.78 Å². The van der Waals surface area contributed by atoms with E-state index in [0.717, 1.165) is 17.7 Å². The van der Waals surface area contributed by atoms with E-state index in [9.17, 15) is 13.6 Å². The molecule has 2 aromatic rings. The minimum absolute atomic E-state index is 0.0249. The largest absolute Gasteiger partial charge is 0.489 e. The first kappa shape index (κ1) is 20.2. The van der Waals surface area contributed by atoms with Crippen molar-refractivity contribution < 1.29 is 23.0 Å². The van der Waals surface area contributed by atoms with Crippen LogP contribution in [0.4, 0.5) is 8.78 Å². The van der Waals surface area contributed by atoms with Crippen molar-refractivity contribution in [2.24, 2.45) is 0 Å². The van der Waals surface area contributed by atoms with Crippen LogP contribution in [0.1, 0.15) is 35.8 Å². The van der Waals surface area contributed by atoms with Gasteiger partial charge >= 0.3 is 6.11 Å². The number of halogens is 2. The zero-order valence-electron chi connectivity index (χ0n) is 14.7. The average Bonchev–Trinajstić information content (AvgIpc) is 2.59. The number of alkyl halides is 2. The van der Waals surface area contributed by atoms with Gasteiger partial charge in [0.05, 0.1) is 0 Å². The molecule has 0 bridgehead atoms. The third-order valence-electron chi connectivity index (χ3n) is 3.37. The standard InChI is InChI=1S/C19H21F2NO3S/c1-19(20,21)25-16-6-3-5-15(11-16)24-13-14-8-9-17(22-12-14)18(23)7-4-10-26-2/h3,5-6,8-9,11-12H,4,7,10,13H2,1-2H3. The van der Waals surface area contributed by atoms with E-state index in [-0.39, 0.29) is 18.1 Å². The zero-order valence-corrected chi connectivity index (χ0v) is 15.5. The summed E-state index contributed by atoms with van der Waals surface area (Å²) in [6, 6.07) is 9.51. The molecular weight excluding hydrogens is 360 g/mol. The number of thioether (sulfide) groups is 1. The Morgan fingerprint density at radius 3 is 2.65 bits per heavy atom. The first-order valence-corrected chi connectivity index (χ1v) is 9.53. The Labute approximate surface area is 155 Å². The number of rotatable bonds is 10. The fourth-order valence-corrected chi connectivity index (χ4v) is 2.61. The maximum atomic E-state index is 12.9. The Balaban J connectivity index is 1.90. The van der Waals surface area contributed by atoms with Crippen LogP contribution in [0.25, 0.3) is 0 Å². The number of carbonyl (C=O) groups excluding carboxylic acids is 1. The van der Waals surface area contributed by atoms with E-state index in [1.54, 1.807) is 42.2 Å². The van der Waals surface area contributed by atoms with Crippen LogP contribution in [0.3, 0.4) is 0 Å². The number of ketones is 1. The molecule has 140 valence electrons. The zero-order chi connectivity index (χ0) is 19.0. The molecule has 1 aromatic carbocycles. The molecule has 0 saturated heterocycles. The lowest BCUT2D eigenvalue weighted by atomic mass is 10.1. The first-order valence-electron chi connectivity index (χ1n) is 8.14. The minimum Gasteiger partial charge on any atom is -0.489 e. The van der Waals surface area contributed by atoms with Crippen LogP contribution in [0.2, 0.25) is 0 Å². The quantitative estimate of drug-likeness (QED) is 0.429. The summed E-state index contributed by atoms with van der Waals surface area (Å²) in [7, 11) is 0. The van der Waals surface area contributed by atoms with Gasteiger partial charge in [0.2, 0.25) is 0 Å². The Kier molecular flexibility index (Phi) is 7.38. The summed E-state index contributed by atoms with van der Waals surface area (Å²) in [5, 5.41) is 0. The van der Waals surface area contributed by atoms with Crippen LogP contribution in [-0.4, -0.2) is 28.9 Å². The summed E-state index contributed by atoms with van der Waals surface area (Å²) in [6.45, 7) is 0.885. The van der Waals surface area contributed by atoms with Gasteiger partial charge in [0.1, 0.15) is 23.8 Å². The number of nitrogens with zero attached hydrogens (tertiary/aromatic N) is 1. The number of aromatic nitrogens is 1. The van der Waals surface area contributed by atoms with Gasteiger partial charge in [0, 0.05) is 31.2 Å². The molecule has 1 heterocycles. The van der Waals surface area contributed by atoms with E-state index in [1.165, 1.54) is 12.1 Å². The molecule has 0 aliphatic heterocycles. The molecule has 1 aromatic heterocycles. The molecule has 26 heavy (non-hydrogen) atoms. The topological polar surface area (TPSA) is 48.4 Å². The normalized spacial score (nSPS) is 11.2. The number of hydrogen-bond donors (Lipinski definition) is 0. The van der Waals surface area contributed by atoms with Crippen molar-refractivity contribution >= 4 is 17.5 Å². The number of hydrogen-bond acceptors (Lipinski definition) is 5. The van der Waals surface area contributed by atoms with E-state index in [2.05, 4.69) is 9.72 Å². The van der Waals surface area contributed by atoms with Gasteiger partial charge in [0.25, 0.3) is 0 Å². The van der Waals surface area contributed by atoms with Crippen LogP contribution in [0.5, 0.6) is 11.5 Å². The molecule has 0 radical (unpaired) electrons. The summed E-state index contributed by atoms with van der Waals surface area (Å²) in [6.07, 6.45) is 1.66. The Hall–Kier alpha value is -2.15. The van der Waals surface area contributed by atoms with Gasteiger partial charge < -0.3 is 9.47 Å². The third kappa shape index (κ3) is 7.00. The minimum atomic E-state index is -3.25. The molecular formula is C19H21F2NO3S. The second kappa shape index (κ2) is 9.52. The molecule has 2 rings (SSSR count). The lowest BCUT2D eigenvalue weighted by molar-refractivity contribution is -0.159. The second-order valence-corrected chi connectivity index (χ2v) is 6.73. The molecule has 0 aliphatic rings. The second-order valence-electron chi connectivity index (χ2n) is 5.74. The highest BCUT2D eigenvalue weighted by molar-refractivity contribution is 7.98. The lowest BCUT2D eigenvalue weighted by Gasteiger charge is -2.14. The SMILES string of the molecule is CSCCCC(=O)c1ccc(COc2cccc(OC(C)(F)F)c2)cn1. The number of carbonyl (C=O) groups is 1. The van der Waals surface area contributed by atoms with E-state index >= 15 is 0 Å². The predicted octanol–water partition coefficient (Wildman–Crippen LogP) is 4.98. The Morgan fingerprint density at radius 1 is 1.23 bits per heavy atom. The smallest absolute Gasteiger partial charge is 0.394 e. The van der Waals surface area contributed by atoms with E-state index < -0.39 is 6.11 Å². The van der Waals surface area contributed by atoms with E-state index in [0.29, 0.717) is 24.8 Å². The number of benzene rings is 1. The molecule has 0 N–H and O–H groups in total. The van der Waals surface area contributed by atoms with Crippen LogP contribution < -0.4 is 9.47 Å². The molecule has 0 saturated carbocycles. The van der Waals surface area contributed by atoms with Crippen molar-refractivity contribution in [3.63, 3.8) is 0 Å². The highest BCUT2D eigenvalue weighted by Crippen LogP contribution is 2.25. The maximum Gasteiger partial charge on any atom is 0.394 e. The van der Waals surface area contributed by atoms with Gasteiger partial charge in [-0.05, 0) is 36.6 Å². The highest BCUT2D eigenvalue weighted by Gasteiger charge is 2.23. The van der Waals surface area contributed by atoms with Crippen LogP contribution in [0.15, 0.2) is 42.6 Å². The number of pyridine rings is 1. The van der Waals surface area contributed by atoms with Crippen molar-refractivity contribution in [2.45, 2.75) is 32.5 Å². The summed E-state index contributed by atoms with van der Waals surface area (Å²) >= 11 is 1.71. The summed E-state index contributed by atoms with van der Waals surface area (Å²) in [5.74, 6) is 1.41. The Bertz CT molecular complexity index is 717. The van der Waals surface area contributed by atoms with Gasteiger partial charge in [-0.1, -0.05) is 12.1 Å². The molecule has 7 heteroatoms. The fraction of sp³-hybridized carbons (Fsp3) is 0.368. The van der Waals surface area contributed by atoms with E-state index in [4.69, 9.17) is 4.74 Å². The first-order chi connectivity index (χ1) is 12.4. The number of ether oxygens (including phenoxy) is 2. The van der Waals surface area contributed by atoms with Crippen molar-refractivity contribution in [2.75, 3.05) is 12.0 Å². The lowest BCUT2D eigenvalue weighted by Crippen LogP contribution is -2.19. The molecule has 4 nitrogen and oxygen atoms in total. The Morgan fingerprint density at radius 2 is 2.00 bits per heavy atom. The van der Waals surface area contributed by atoms with Crippen LogP contribution >= 0.6 is 11.8 Å². The van der Waals surface area contributed by atoms with Crippen molar-refractivity contribution in [1.82, 2.24) is 4.98 Å². The van der Waals surface area contributed by atoms with Crippen LogP contribution in [0, 0.1) is 0 Å². The van der Waals surface area contributed by atoms with E-state index in [1.807, 2.05) is 6.26 Å². The summed E-state index contributed by atoms with van der Waals surface area (Å²) in [5.41, 5.74) is 1.22. The third-order valence-corrected chi connectivity index (χ3v) is 4.07. The molecule has 0 amide bonds. The molecule has 0 spiro atoms. The van der Waals surface area contributed by atoms with Gasteiger partial charge in [0.15, 0.2) is 5.78 Å². The monoisotopic (exact) mass is 381 g/mol. The maximum absolute atomic E-state index is 12.9. The van der Waals surface area contributed by atoms with Gasteiger partial charge in [-0.2, -0.15) is 20.5 Å².